The molecule has 0 aliphatic heterocycles. The number of rotatable bonds is 9. The summed E-state index contributed by atoms with van der Waals surface area (Å²) in [6, 6.07) is 33.6. The first kappa shape index (κ1) is 28.0. The minimum absolute atomic E-state index is 0.0440. The molecule has 5 aromatic rings. The van der Waals surface area contributed by atoms with Crippen LogP contribution < -0.4 is 10.2 Å². The van der Waals surface area contributed by atoms with Gasteiger partial charge in [-0.15, -0.1) is 10.2 Å². The predicted molar refractivity (Wildman–Crippen MR) is 166 cm³/mol. The van der Waals surface area contributed by atoms with Crippen LogP contribution in [0.1, 0.15) is 21.5 Å². The molecule has 0 saturated heterocycles. The van der Waals surface area contributed by atoms with Crippen LogP contribution in [0.25, 0.3) is 17.0 Å². The van der Waals surface area contributed by atoms with Crippen molar-refractivity contribution in [2.75, 3.05) is 19.0 Å². The van der Waals surface area contributed by atoms with E-state index in [1.54, 1.807) is 34.9 Å². The number of hydrogen-bond donors (Lipinski definition) is 2. The average molecular weight is 558 g/mol. The molecule has 4 aromatic carbocycles. The molecule has 0 saturated carbocycles. The van der Waals surface area contributed by atoms with Crippen LogP contribution in [0.15, 0.2) is 125 Å². The molecular formula is C34H31N5O3. The molecule has 2 amide bonds. The first-order valence-electron chi connectivity index (χ1n) is 13.6. The molecule has 1 heterocycles. The fraction of sp³-hybridized carbons (Fsp3) is 0.118. The first-order chi connectivity index (χ1) is 20.4. The van der Waals surface area contributed by atoms with Crippen molar-refractivity contribution >= 4 is 40.2 Å². The zero-order valence-electron chi connectivity index (χ0n) is 23.4. The predicted octanol–water partition coefficient (Wildman–Crippen LogP) is 6.74. The van der Waals surface area contributed by atoms with Gasteiger partial charge in [0.15, 0.2) is 5.69 Å². The number of aromatic hydroxyl groups is 1. The zero-order chi connectivity index (χ0) is 29.5. The van der Waals surface area contributed by atoms with Crippen molar-refractivity contribution in [3.05, 3.63) is 132 Å². The number of carbonyl (C=O) groups is 2. The molecule has 1 aromatic heterocycles. The molecule has 0 unspecified atom stereocenters. The lowest BCUT2D eigenvalue weighted by molar-refractivity contribution is -0.115. The number of carbonyl (C=O) groups excluding carboxylic acids is 2. The number of anilines is 1. The smallest absolute Gasteiger partial charge is 0.311 e. The number of para-hydroxylation sites is 1. The Balaban J connectivity index is 1.46. The highest BCUT2D eigenvalue weighted by Gasteiger charge is 2.19. The maximum Gasteiger partial charge on any atom is 0.311 e. The van der Waals surface area contributed by atoms with Crippen LogP contribution in [0, 0.1) is 0 Å². The quantitative estimate of drug-likeness (QED) is 0.155. The Morgan fingerprint density at radius 3 is 2.19 bits per heavy atom. The molecule has 0 fully saturated rings. The van der Waals surface area contributed by atoms with Crippen LogP contribution >= 0.6 is 0 Å². The van der Waals surface area contributed by atoms with Crippen LogP contribution in [0.5, 0.6) is 5.88 Å². The molecule has 0 radical (unpaired) electrons. The molecular weight excluding hydrogens is 526 g/mol. The third-order valence-corrected chi connectivity index (χ3v) is 6.86. The molecule has 8 heteroatoms. The third-order valence-electron chi connectivity index (χ3n) is 6.86. The van der Waals surface area contributed by atoms with Crippen molar-refractivity contribution in [2.45, 2.75) is 13.0 Å². The number of fused-ring (bicyclic) bond motifs is 1. The highest BCUT2D eigenvalue weighted by atomic mass is 16.3. The highest BCUT2D eigenvalue weighted by molar-refractivity contribution is 6.05. The summed E-state index contributed by atoms with van der Waals surface area (Å²) in [5.41, 5.74) is 4.15. The number of azo groups is 1. The van der Waals surface area contributed by atoms with E-state index >= 15 is 0 Å². The van der Waals surface area contributed by atoms with Crippen molar-refractivity contribution < 1.29 is 14.7 Å². The van der Waals surface area contributed by atoms with Crippen molar-refractivity contribution in [1.29, 1.82) is 0 Å². The topological polar surface area (TPSA) is 99.3 Å². The molecule has 2 N–H and O–H groups in total. The Morgan fingerprint density at radius 2 is 1.50 bits per heavy atom. The van der Waals surface area contributed by atoms with E-state index in [0.29, 0.717) is 29.5 Å². The number of hydrogen-bond acceptors (Lipinski definition) is 5. The Morgan fingerprint density at radius 1 is 0.857 bits per heavy atom. The lowest BCUT2D eigenvalue weighted by Gasteiger charge is -2.12. The molecule has 42 heavy (non-hydrogen) atoms. The number of nitrogens with zero attached hydrogens (tertiary/aromatic N) is 4. The summed E-state index contributed by atoms with van der Waals surface area (Å²) in [6.07, 6.45) is 2.26. The second-order valence-corrected chi connectivity index (χ2v) is 9.95. The van der Waals surface area contributed by atoms with Crippen molar-refractivity contribution in [2.24, 2.45) is 10.2 Å². The van der Waals surface area contributed by atoms with Crippen LogP contribution in [-0.4, -0.2) is 35.6 Å². The van der Waals surface area contributed by atoms with Gasteiger partial charge in [-0.05, 0) is 54.0 Å². The number of nitrogens with one attached hydrogen (secondary N) is 1. The van der Waals surface area contributed by atoms with Gasteiger partial charge in [0.2, 0.25) is 5.88 Å². The summed E-state index contributed by atoms with van der Waals surface area (Å²) in [7, 11) is 3.88. The van der Waals surface area contributed by atoms with Crippen molar-refractivity contribution in [3.63, 3.8) is 0 Å². The Kier molecular flexibility index (Phi) is 8.53. The van der Waals surface area contributed by atoms with E-state index in [9.17, 15) is 14.7 Å². The van der Waals surface area contributed by atoms with Gasteiger partial charge in [0.25, 0.3) is 5.91 Å². The zero-order valence-corrected chi connectivity index (χ0v) is 23.4. The van der Waals surface area contributed by atoms with Crippen molar-refractivity contribution in [3.8, 4) is 5.88 Å². The van der Waals surface area contributed by atoms with Crippen LogP contribution in [0.4, 0.5) is 11.4 Å². The summed E-state index contributed by atoms with van der Waals surface area (Å²) in [4.78, 5) is 28.3. The fourth-order valence-electron chi connectivity index (χ4n) is 4.60. The van der Waals surface area contributed by atoms with Gasteiger partial charge < -0.3 is 19.9 Å². The Bertz CT molecular complexity index is 1760. The largest absolute Gasteiger partial charge is 0.493 e. The third kappa shape index (κ3) is 6.45. The number of amides is 2. The van der Waals surface area contributed by atoms with E-state index in [0.717, 1.165) is 16.8 Å². The monoisotopic (exact) mass is 557 g/mol. The highest BCUT2D eigenvalue weighted by Crippen LogP contribution is 2.39. The van der Waals surface area contributed by atoms with Gasteiger partial charge in [-0.2, -0.15) is 0 Å². The fourth-order valence-corrected chi connectivity index (χ4v) is 4.60. The number of aromatic nitrogens is 1. The van der Waals surface area contributed by atoms with E-state index in [4.69, 9.17) is 0 Å². The average Bonchev–Trinajstić information content (AvgIpc) is 3.29. The van der Waals surface area contributed by atoms with Gasteiger partial charge in [0.1, 0.15) is 5.70 Å². The van der Waals surface area contributed by atoms with E-state index in [1.165, 1.54) is 0 Å². The van der Waals surface area contributed by atoms with Gasteiger partial charge in [-0.3, -0.25) is 9.59 Å². The molecule has 5 rings (SSSR count). The summed E-state index contributed by atoms with van der Waals surface area (Å²) in [5.74, 6) is -1.28. The summed E-state index contributed by atoms with van der Waals surface area (Å²) in [5, 5.41) is 22.7. The molecule has 0 aliphatic rings. The molecule has 0 bridgehead atoms. The minimum atomic E-state index is -0.753. The van der Waals surface area contributed by atoms with Gasteiger partial charge in [0.05, 0.1) is 5.52 Å². The molecule has 0 aliphatic carbocycles. The second-order valence-electron chi connectivity index (χ2n) is 9.95. The number of aryl methyl sites for hydroxylation is 2. The van der Waals surface area contributed by atoms with Gasteiger partial charge in [0, 0.05) is 37.3 Å². The summed E-state index contributed by atoms with van der Waals surface area (Å²) in [6.45, 7) is 0.515. The molecule has 0 atom stereocenters. The van der Waals surface area contributed by atoms with E-state index in [-0.39, 0.29) is 17.3 Å². The van der Waals surface area contributed by atoms with Crippen molar-refractivity contribution in [1.82, 2.24) is 9.88 Å². The normalized spacial score (nSPS) is 11.6. The molecule has 0 spiro atoms. The van der Waals surface area contributed by atoms with Gasteiger partial charge in [-0.1, -0.05) is 78.9 Å². The maximum absolute atomic E-state index is 13.4. The molecule has 8 nitrogen and oxygen atoms in total. The van der Waals surface area contributed by atoms with Gasteiger partial charge in [-0.25, -0.2) is 0 Å². The lowest BCUT2D eigenvalue weighted by atomic mass is 10.1. The van der Waals surface area contributed by atoms with E-state index in [1.807, 2.05) is 104 Å². The minimum Gasteiger partial charge on any atom is -0.493 e. The van der Waals surface area contributed by atoms with Crippen LogP contribution in [0.2, 0.25) is 0 Å². The maximum atomic E-state index is 13.4. The standard InChI is InChI=1S/C34H31N5O3/c1-38(2)27-19-17-25(18-20-27)23-29(35-32(40)26-13-7-4-8-14-26)33(41)37-36-31-28-15-9-10-16-30(28)39(34(31)42)22-21-24-11-5-3-6-12-24/h3-20,23,42H,21-22H2,1-2H3,(H,35,40). The van der Waals surface area contributed by atoms with E-state index < -0.39 is 11.8 Å². The van der Waals surface area contributed by atoms with Gasteiger partial charge >= 0.3 is 5.91 Å². The first-order valence-corrected chi connectivity index (χ1v) is 13.6. The Hall–Kier alpha value is -5.50. The SMILES string of the molecule is CN(C)c1ccc(C=C(NC(=O)c2ccccc2)C(=O)N=Nc2c(O)n(CCc3ccccc3)c3ccccc23)cc1. The summed E-state index contributed by atoms with van der Waals surface area (Å²) >= 11 is 0. The lowest BCUT2D eigenvalue weighted by Crippen LogP contribution is -2.26. The van der Waals surface area contributed by atoms with Crippen LogP contribution in [-0.2, 0) is 17.8 Å². The number of benzene rings is 4. The Labute approximate surface area is 244 Å². The molecule has 210 valence electrons. The van der Waals surface area contributed by atoms with Crippen LogP contribution in [0.3, 0.4) is 0 Å². The second kappa shape index (κ2) is 12.8. The summed E-state index contributed by atoms with van der Waals surface area (Å²) < 4.78 is 1.77. The van der Waals surface area contributed by atoms with E-state index in [2.05, 4.69) is 15.5 Å².